The molecule has 2 aromatic heterocycles. The Labute approximate surface area is 175 Å². The third-order valence-electron chi connectivity index (χ3n) is 5.73. The lowest BCUT2D eigenvalue weighted by Crippen LogP contribution is -3.10. The van der Waals surface area contributed by atoms with E-state index >= 15 is 0 Å². The second kappa shape index (κ2) is 7.71. The van der Waals surface area contributed by atoms with Gasteiger partial charge in [-0.15, -0.1) is 5.10 Å². The number of benzene rings is 1. The van der Waals surface area contributed by atoms with Crippen LogP contribution in [0.3, 0.4) is 0 Å². The van der Waals surface area contributed by atoms with Crippen molar-refractivity contribution in [3.63, 3.8) is 0 Å². The lowest BCUT2D eigenvalue weighted by Gasteiger charge is -2.27. The molecule has 1 atom stereocenters. The highest BCUT2D eigenvalue weighted by Gasteiger charge is 2.37. The van der Waals surface area contributed by atoms with Crippen molar-refractivity contribution in [1.82, 2.24) is 25.2 Å². The van der Waals surface area contributed by atoms with E-state index in [1.807, 2.05) is 16.8 Å². The first-order valence-corrected chi connectivity index (χ1v) is 10.3. The first kappa shape index (κ1) is 20.3. The van der Waals surface area contributed by atoms with Crippen molar-refractivity contribution in [2.24, 2.45) is 0 Å². The first-order chi connectivity index (χ1) is 14.3. The van der Waals surface area contributed by atoms with Crippen LogP contribution in [-0.4, -0.2) is 52.5 Å². The summed E-state index contributed by atoms with van der Waals surface area (Å²) >= 11 is 0. The average molecular weight is 414 g/mol. The average Bonchev–Trinajstić information content (AvgIpc) is 3.40. The fourth-order valence-corrected chi connectivity index (χ4v) is 4.28. The van der Waals surface area contributed by atoms with Crippen LogP contribution < -0.4 is 19.9 Å². The number of ether oxygens (including phenoxy) is 2. The lowest BCUT2D eigenvalue weighted by atomic mass is 10.0. The van der Waals surface area contributed by atoms with Crippen LogP contribution in [0, 0.1) is 0 Å². The molecule has 1 aromatic carbocycles. The Kier molecular flexibility index (Phi) is 5.23. The molecule has 0 aliphatic carbocycles. The van der Waals surface area contributed by atoms with E-state index in [-0.39, 0.29) is 17.1 Å². The first-order valence-electron chi connectivity index (χ1n) is 10.3. The molecule has 30 heavy (non-hydrogen) atoms. The third-order valence-corrected chi connectivity index (χ3v) is 5.73. The molecule has 0 radical (unpaired) electrons. The van der Waals surface area contributed by atoms with Crippen LogP contribution in [0.1, 0.15) is 51.0 Å². The van der Waals surface area contributed by atoms with E-state index in [9.17, 15) is 4.79 Å². The Morgan fingerprint density at radius 2 is 1.77 bits per heavy atom. The molecule has 2 N–H and O–H groups in total. The molecular weight excluding hydrogens is 384 g/mol. The van der Waals surface area contributed by atoms with Gasteiger partial charge in [0.05, 0.1) is 43.9 Å². The van der Waals surface area contributed by atoms with E-state index in [0.29, 0.717) is 28.4 Å². The second-order valence-electron chi connectivity index (χ2n) is 8.77. The van der Waals surface area contributed by atoms with Gasteiger partial charge in [0, 0.05) is 24.3 Å². The van der Waals surface area contributed by atoms with E-state index in [1.54, 1.807) is 20.3 Å². The zero-order valence-corrected chi connectivity index (χ0v) is 18.2. The molecule has 0 spiro atoms. The fourth-order valence-electron chi connectivity index (χ4n) is 4.28. The van der Waals surface area contributed by atoms with Gasteiger partial charge in [0.25, 0.3) is 5.56 Å². The molecule has 3 aromatic rings. The second-order valence-corrected chi connectivity index (χ2v) is 8.77. The third kappa shape index (κ3) is 3.54. The lowest BCUT2D eigenvalue weighted by molar-refractivity contribution is -0.914. The number of pyridine rings is 1. The number of nitrogens with one attached hydrogen (secondary N) is 2. The molecule has 1 saturated heterocycles. The Morgan fingerprint density at radius 3 is 2.40 bits per heavy atom. The number of nitrogens with zero attached hydrogens (tertiary/aromatic N) is 4. The van der Waals surface area contributed by atoms with Gasteiger partial charge in [-0.25, -0.2) is 4.68 Å². The van der Waals surface area contributed by atoms with E-state index in [2.05, 4.69) is 41.3 Å². The number of rotatable bonds is 5. The normalized spacial score (nSPS) is 16.2. The molecule has 160 valence electrons. The summed E-state index contributed by atoms with van der Waals surface area (Å²) in [5.74, 6) is 1.91. The minimum Gasteiger partial charge on any atom is -0.493 e. The highest BCUT2D eigenvalue weighted by Crippen LogP contribution is 2.32. The van der Waals surface area contributed by atoms with Gasteiger partial charge in [-0.1, -0.05) is 0 Å². The minimum absolute atomic E-state index is 0.137. The van der Waals surface area contributed by atoms with Crippen molar-refractivity contribution in [2.45, 2.75) is 45.2 Å². The van der Waals surface area contributed by atoms with Crippen molar-refractivity contribution in [2.75, 3.05) is 27.3 Å². The van der Waals surface area contributed by atoms with Crippen LogP contribution in [0.25, 0.3) is 10.9 Å². The van der Waals surface area contributed by atoms with Gasteiger partial charge in [0.1, 0.15) is 0 Å². The van der Waals surface area contributed by atoms with E-state index in [1.165, 1.54) is 4.90 Å². The number of hydrogen-bond donors (Lipinski definition) is 2. The smallest absolute Gasteiger partial charge is 0.258 e. The van der Waals surface area contributed by atoms with Gasteiger partial charge >= 0.3 is 0 Å². The SMILES string of the molecule is COc1cc2cc([C@@H](c3nnnn3C(C)(C)C)[NH+]3CCCC3)c(=O)[nH]c2cc1OC. The molecule has 0 bridgehead atoms. The molecule has 0 unspecified atom stereocenters. The maximum absolute atomic E-state index is 13.2. The summed E-state index contributed by atoms with van der Waals surface area (Å²) in [5.41, 5.74) is 0.928. The maximum Gasteiger partial charge on any atom is 0.258 e. The Hall–Kier alpha value is -2.94. The largest absolute Gasteiger partial charge is 0.493 e. The van der Waals surface area contributed by atoms with Gasteiger partial charge < -0.3 is 19.4 Å². The summed E-state index contributed by atoms with van der Waals surface area (Å²) in [6.45, 7) is 8.14. The molecule has 0 amide bonds. The van der Waals surface area contributed by atoms with Crippen LogP contribution in [-0.2, 0) is 5.54 Å². The van der Waals surface area contributed by atoms with Crippen molar-refractivity contribution >= 4 is 10.9 Å². The molecule has 1 fully saturated rings. The molecule has 9 heteroatoms. The van der Waals surface area contributed by atoms with Crippen molar-refractivity contribution in [3.8, 4) is 11.5 Å². The number of H-pyrrole nitrogens is 1. The number of tetrazole rings is 1. The number of quaternary nitrogens is 1. The van der Waals surface area contributed by atoms with Gasteiger partial charge in [0.2, 0.25) is 5.82 Å². The summed E-state index contributed by atoms with van der Waals surface area (Å²) in [7, 11) is 3.18. The Balaban J connectivity index is 1.92. The van der Waals surface area contributed by atoms with Crippen LogP contribution in [0.4, 0.5) is 0 Å². The molecule has 0 saturated carbocycles. The quantitative estimate of drug-likeness (QED) is 0.649. The molecule has 4 rings (SSSR count). The van der Waals surface area contributed by atoms with Gasteiger partial charge in [-0.3, -0.25) is 4.79 Å². The van der Waals surface area contributed by atoms with Crippen LogP contribution in [0.15, 0.2) is 23.0 Å². The Bertz CT molecular complexity index is 1110. The van der Waals surface area contributed by atoms with Crippen molar-refractivity contribution in [3.05, 3.63) is 39.9 Å². The molecule has 1 aliphatic heterocycles. The van der Waals surface area contributed by atoms with Gasteiger partial charge in [-0.05, 0) is 43.3 Å². The zero-order chi connectivity index (χ0) is 21.5. The summed E-state index contributed by atoms with van der Waals surface area (Å²) in [6.07, 6.45) is 2.25. The topological polar surface area (TPSA) is 99.4 Å². The number of aromatic nitrogens is 5. The maximum atomic E-state index is 13.2. The summed E-state index contributed by atoms with van der Waals surface area (Å²) in [5, 5.41) is 13.4. The van der Waals surface area contributed by atoms with Crippen LogP contribution in [0.2, 0.25) is 0 Å². The van der Waals surface area contributed by atoms with Crippen molar-refractivity contribution < 1.29 is 14.4 Å². The molecule has 1 aliphatic rings. The van der Waals surface area contributed by atoms with Gasteiger partial charge in [0.15, 0.2) is 17.5 Å². The van der Waals surface area contributed by atoms with E-state index < -0.39 is 0 Å². The van der Waals surface area contributed by atoms with Gasteiger partial charge in [-0.2, -0.15) is 0 Å². The molecule has 9 nitrogen and oxygen atoms in total. The fraction of sp³-hybridized carbons (Fsp3) is 0.524. The van der Waals surface area contributed by atoms with Crippen LogP contribution in [0.5, 0.6) is 11.5 Å². The Morgan fingerprint density at radius 1 is 1.10 bits per heavy atom. The highest BCUT2D eigenvalue weighted by molar-refractivity contribution is 5.83. The summed E-state index contributed by atoms with van der Waals surface area (Å²) in [6, 6.07) is 5.36. The summed E-state index contributed by atoms with van der Waals surface area (Å²) < 4.78 is 12.7. The number of hydrogen-bond acceptors (Lipinski definition) is 6. The summed E-state index contributed by atoms with van der Waals surface area (Å²) in [4.78, 5) is 17.6. The predicted molar refractivity (Wildman–Crippen MR) is 112 cm³/mol. The number of fused-ring (bicyclic) bond motifs is 1. The number of likely N-dealkylation sites (tertiary alicyclic amines) is 1. The monoisotopic (exact) mass is 413 g/mol. The standard InChI is InChI=1S/C21H28N6O3/c1-21(2,3)27-19(23-24-25-27)18(26-8-6-7-9-26)14-10-13-11-16(29-4)17(30-5)12-15(13)22-20(14)28/h10-12,18H,6-9H2,1-5H3,(H,22,28)/p+1/t18-/m0/s1. The molecular formula is C21H29N6O3+. The van der Waals surface area contributed by atoms with E-state index in [0.717, 1.165) is 31.3 Å². The van der Waals surface area contributed by atoms with E-state index in [4.69, 9.17) is 9.47 Å². The number of aromatic amines is 1. The highest BCUT2D eigenvalue weighted by atomic mass is 16.5. The van der Waals surface area contributed by atoms with Crippen LogP contribution >= 0.6 is 0 Å². The predicted octanol–water partition coefficient (Wildman–Crippen LogP) is 1.05. The number of methoxy groups -OCH3 is 2. The molecule has 3 heterocycles. The van der Waals surface area contributed by atoms with Crippen molar-refractivity contribution in [1.29, 1.82) is 0 Å². The zero-order valence-electron chi connectivity index (χ0n) is 18.2. The minimum atomic E-state index is -0.295.